The van der Waals surface area contributed by atoms with E-state index in [9.17, 15) is 8.78 Å². The summed E-state index contributed by atoms with van der Waals surface area (Å²) in [6.45, 7) is 6.94. The molecular weight excluding hydrogens is 276 g/mol. The van der Waals surface area contributed by atoms with Crippen LogP contribution in [0.25, 0.3) is 0 Å². The lowest BCUT2D eigenvalue weighted by Gasteiger charge is -2.39. The lowest BCUT2D eigenvalue weighted by atomic mass is 9.70. The zero-order valence-electron chi connectivity index (χ0n) is 12.3. The van der Waals surface area contributed by atoms with Crippen molar-refractivity contribution in [1.29, 1.82) is 0 Å². The summed E-state index contributed by atoms with van der Waals surface area (Å²) < 4.78 is 24.5. The van der Waals surface area contributed by atoms with Crippen molar-refractivity contribution in [3.63, 3.8) is 0 Å². The maximum Gasteiger partial charge on any atom is 0.288 e. The van der Waals surface area contributed by atoms with Crippen molar-refractivity contribution in [3.05, 3.63) is 24.3 Å². The molecule has 1 aromatic rings. The van der Waals surface area contributed by atoms with Gasteiger partial charge in [-0.3, -0.25) is 0 Å². The van der Waals surface area contributed by atoms with Crippen LogP contribution in [0.4, 0.5) is 14.5 Å². The molecule has 0 bridgehead atoms. The van der Waals surface area contributed by atoms with Gasteiger partial charge in [0.2, 0.25) is 0 Å². The number of hydrogen-bond acceptors (Lipinski definition) is 2. The van der Waals surface area contributed by atoms with Gasteiger partial charge in [-0.2, -0.15) is 8.78 Å². The zero-order valence-corrected chi connectivity index (χ0v) is 13.1. The second kappa shape index (κ2) is 6.33. The molecule has 1 aliphatic carbocycles. The van der Waals surface area contributed by atoms with Crippen molar-refractivity contribution >= 4 is 17.4 Å². The molecule has 1 fully saturated rings. The molecule has 112 valence electrons. The first-order valence-corrected chi connectivity index (χ1v) is 8.03. The van der Waals surface area contributed by atoms with E-state index in [4.69, 9.17) is 0 Å². The van der Waals surface area contributed by atoms with E-state index in [1.807, 2.05) is 12.1 Å². The van der Waals surface area contributed by atoms with Crippen LogP contribution in [-0.2, 0) is 0 Å². The van der Waals surface area contributed by atoms with Gasteiger partial charge in [0.1, 0.15) is 0 Å². The summed E-state index contributed by atoms with van der Waals surface area (Å²) in [4.78, 5) is 0.614. The van der Waals surface area contributed by atoms with Crippen LogP contribution in [0.5, 0.6) is 0 Å². The lowest BCUT2D eigenvalue weighted by molar-refractivity contribution is 0.178. The number of nitrogens with one attached hydrogen (secondary N) is 1. The highest BCUT2D eigenvalue weighted by Crippen LogP contribution is 2.39. The highest BCUT2D eigenvalue weighted by Gasteiger charge is 2.31. The van der Waals surface area contributed by atoms with Gasteiger partial charge in [0.05, 0.1) is 0 Å². The van der Waals surface area contributed by atoms with E-state index >= 15 is 0 Å². The van der Waals surface area contributed by atoms with E-state index in [0.717, 1.165) is 18.0 Å². The van der Waals surface area contributed by atoms with Crippen molar-refractivity contribution in [3.8, 4) is 0 Å². The fourth-order valence-corrected chi connectivity index (χ4v) is 3.92. The standard InChI is InChI=1S/C16H23F2NS/c1-11-8-13(10-16(2,3)9-11)19-12-4-6-14(7-5-12)20-15(17)18/h4-7,11,13,15,19H,8-10H2,1-3H3. The van der Waals surface area contributed by atoms with Crippen LogP contribution in [0.15, 0.2) is 29.2 Å². The molecule has 0 radical (unpaired) electrons. The van der Waals surface area contributed by atoms with Gasteiger partial charge in [0, 0.05) is 16.6 Å². The minimum absolute atomic E-state index is 0.376. The van der Waals surface area contributed by atoms with Gasteiger partial charge in [-0.05, 0) is 54.9 Å². The van der Waals surface area contributed by atoms with Gasteiger partial charge < -0.3 is 5.32 Å². The van der Waals surface area contributed by atoms with Crippen LogP contribution >= 0.6 is 11.8 Å². The number of halogens is 2. The van der Waals surface area contributed by atoms with Crippen LogP contribution in [0.3, 0.4) is 0 Å². The first-order chi connectivity index (χ1) is 9.34. The van der Waals surface area contributed by atoms with Gasteiger partial charge in [-0.25, -0.2) is 0 Å². The number of benzene rings is 1. The van der Waals surface area contributed by atoms with Crippen molar-refractivity contribution in [2.45, 2.75) is 56.7 Å². The third kappa shape index (κ3) is 4.65. The van der Waals surface area contributed by atoms with E-state index in [-0.39, 0.29) is 0 Å². The summed E-state index contributed by atoms with van der Waals surface area (Å²) in [5.74, 6) is -1.63. The Hall–Kier alpha value is -0.770. The van der Waals surface area contributed by atoms with E-state index in [1.54, 1.807) is 12.1 Å². The molecule has 1 nitrogen and oxygen atoms in total. The van der Waals surface area contributed by atoms with Gasteiger partial charge >= 0.3 is 0 Å². The molecule has 0 spiro atoms. The highest BCUT2D eigenvalue weighted by molar-refractivity contribution is 7.99. The molecule has 1 saturated carbocycles. The molecule has 0 aromatic heterocycles. The summed E-state index contributed by atoms with van der Waals surface area (Å²) in [5.41, 5.74) is 1.40. The number of rotatable bonds is 4. The Balaban J connectivity index is 1.96. The van der Waals surface area contributed by atoms with E-state index in [2.05, 4.69) is 26.1 Å². The fraction of sp³-hybridized carbons (Fsp3) is 0.625. The van der Waals surface area contributed by atoms with Crippen LogP contribution in [0.2, 0.25) is 0 Å². The third-order valence-corrected chi connectivity index (χ3v) is 4.56. The Morgan fingerprint density at radius 2 is 1.85 bits per heavy atom. The quantitative estimate of drug-likeness (QED) is 0.723. The molecule has 20 heavy (non-hydrogen) atoms. The van der Waals surface area contributed by atoms with Gasteiger partial charge in [-0.15, -0.1) is 0 Å². The predicted octanol–water partition coefficient (Wildman–Crippen LogP) is 5.63. The minimum atomic E-state index is -2.35. The van der Waals surface area contributed by atoms with Gasteiger partial charge in [0.25, 0.3) is 5.76 Å². The maximum atomic E-state index is 12.3. The van der Waals surface area contributed by atoms with Crippen molar-refractivity contribution in [1.82, 2.24) is 0 Å². The zero-order chi connectivity index (χ0) is 14.8. The third-order valence-electron chi connectivity index (χ3n) is 3.84. The Kier molecular flexibility index (Phi) is 4.95. The molecule has 2 rings (SSSR count). The summed E-state index contributed by atoms with van der Waals surface area (Å²) in [7, 11) is 0. The number of anilines is 1. The maximum absolute atomic E-state index is 12.3. The SMILES string of the molecule is CC1CC(Nc2ccc(SC(F)F)cc2)CC(C)(C)C1. The Bertz CT molecular complexity index is 431. The summed E-state index contributed by atoms with van der Waals surface area (Å²) in [6.07, 6.45) is 3.61. The average molecular weight is 299 g/mol. The highest BCUT2D eigenvalue weighted by atomic mass is 32.2. The van der Waals surface area contributed by atoms with Crippen LogP contribution in [-0.4, -0.2) is 11.8 Å². The fourth-order valence-electron chi connectivity index (χ4n) is 3.42. The van der Waals surface area contributed by atoms with Crippen molar-refractivity contribution in [2.75, 3.05) is 5.32 Å². The van der Waals surface area contributed by atoms with Crippen LogP contribution in [0.1, 0.15) is 40.0 Å². The average Bonchev–Trinajstić information content (AvgIpc) is 2.28. The second-order valence-corrected chi connectivity index (χ2v) is 7.72. The molecular formula is C16H23F2NS. The first kappa shape index (κ1) is 15.6. The molecule has 0 amide bonds. The van der Waals surface area contributed by atoms with E-state index in [1.165, 1.54) is 12.8 Å². The number of hydrogen-bond donors (Lipinski definition) is 1. The van der Waals surface area contributed by atoms with Crippen LogP contribution < -0.4 is 5.32 Å². The molecule has 1 N–H and O–H groups in total. The Morgan fingerprint density at radius 3 is 2.40 bits per heavy atom. The summed E-state index contributed by atoms with van der Waals surface area (Å²) >= 11 is 0.592. The minimum Gasteiger partial charge on any atom is -0.382 e. The second-order valence-electron chi connectivity index (χ2n) is 6.66. The molecule has 0 saturated heterocycles. The van der Waals surface area contributed by atoms with Gasteiger partial charge in [0.15, 0.2) is 0 Å². The van der Waals surface area contributed by atoms with E-state index < -0.39 is 5.76 Å². The topological polar surface area (TPSA) is 12.0 Å². The summed E-state index contributed by atoms with van der Waals surface area (Å²) in [5, 5.41) is 3.55. The molecule has 0 aliphatic heterocycles. The molecule has 2 unspecified atom stereocenters. The first-order valence-electron chi connectivity index (χ1n) is 7.15. The van der Waals surface area contributed by atoms with Crippen molar-refractivity contribution in [2.24, 2.45) is 11.3 Å². The van der Waals surface area contributed by atoms with Crippen LogP contribution in [0, 0.1) is 11.3 Å². The Labute approximate surface area is 124 Å². The summed E-state index contributed by atoms with van der Waals surface area (Å²) in [6, 6.07) is 7.79. The monoisotopic (exact) mass is 299 g/mol. The molecule has 1 aliphatic rings. The Morgan fingerprint density at radius 1 is 1.20 bits per heavy atom. The number of thioether (sulfide) groups is 1. The molecule has 0 heterocycles. The van der Waals surface area contributed by atoms with Gasteiger partial charge in [-0.1, -0.05) is 32.5 Å². The largest absolute Gasteiger partial charge is 0.382 e. The molecule has 1 aromatic carbocycles. The normalized spacial score (nSPS) is 25.7. The predicted molar refractivity (Wildman–Crippen MR) is 82.5 cm³/mol. The van der Waals surface area contributed by atoms with E-state index in [0.29, 0.717) is 28.1 Å². The molecule has 4 heteroatoms. The van der Waals surface area contributed by atoms with Crippen molar-refractivity contribution < 1.29 is 8.78 Å². The number of alkyl halides is 2. The smallest absolute Gasteiger partial charge is 0.288 e. The molecule has 2 atom stereocenters. The lowest BCUT2D eigenvalue weighted by Crippen LogP contribution is -2.35.